The predicted octanol–water partition coefficient (Wildman–Crippen LogP) is 2.97. The minimum Gasteiger partial charge on any atom is -0.395 e. The van der Waals surface area contributed by atoms with Crippen molar-refractivity contribution in [2.45, 2.75) is 50.7 Å². The van der Waals surface area contributed by atoms with Gasteiger partial charge in [-0.05, 0) is 37.5 Å². The van der Waals surface area contributed by atoms with E-state index < -0.39 is 0 Å². The second-order valence-corrected chi connectivity index (χ2v) is 6.19. The Morgan fingerprint density at radius 2 is 1.90 bits per heavy atom. The highest BCUT2D eigenvalue weighted by Crippen LogP contribution is 2.32. The fraction of sp³-hybridized carbons (Fsp3) is 0.625. The quantitative estimate of drug-likeness (QED) is 0.848. The zero-order valence-electron chi connectivity index (χ0n) is 12.1. The standard InChI is InChI=1S/C16H25ClN2O/c1-12(18)16(13-6-8-14(17)9-7-13)19(10-11-20)15-4-2-3-5-15/h6-9,12,15-16,20H,2-5,10-11,18H2,1H3. The number of halogens is 1. The van der Waals surface area contributed by atoms with Crippen LogP contribution in [0.4, 0.5) is 0 Å². The van der Waals surface area contributed by atoms with Crippen LogP contribution >= 0.6 is 11.6 Å². The summed E-state index contributed by atoms with van der Waals surface area (Å²) in [5.74, 6) is 0. The summed E-state index contributed by atoms with van der Waals surface area (Å²) < 4.78 is 0. The fourth-order valence-corrected chi connectivity index (χ4v) is 3.48. The number of nitrogens with two attached hydrogens (primary N) is 1. The normalized spacial score (nSPS) is 19.4. The van der Waals surface area contributed by atoms with Crippen LogP contribution in [0.2, 0.25) is 5.02 Å². The molecule has 0 amide bonds. The van der Waals surface area contributed by atoms with Gasteiger partial charge in [0.2, 0.25) is 0 Å². The van der Waals surface area contributed by atoms with E-state index in [4.69, 9.17) is 17.3 Å². The molecule has 1 fully saturated rings. The molecule has 0 bridgehead atoms. The molecule has 0 heterocycles. The van der Waals surface area contributed by atoms with Crippen LogP contribution in [-0.4, -0.2) is 35.2 Å². The molecule has 0 radical (unpaired) electrons. The SMILES string of the molecule is CC(N)C(c1ccc(Cl)cc1)N(CCO)C1CCCC1. The van der Waals surface area contributed by atoms with Crippen LogP contribution in [0.1, 0.15) is 44.2 Å². The molecule has 112 valence electrons. The van der Waals surface area contributed by atoms with Crippen molar-refractivity contribution in [2.24, 2.45) is 5.73 Å². The molecule has 3 N–H and O–H groups in total. The molecule has 20 heavy (non-hydrogen) atoms. The number of aliphatic hydroxyl groups is 1. The highest BCUT2D eigenvalue weighted by molar-refractivity contribution is 6.30. The lowest BCUT2D eigenvalue weighted by molar-refractivity contribution is 0.0922. The van der Waals surface area contributed by atoms with E-state index in [-0.39, 0.29) is 18.7 Å². The van der Waals surface area contributed by atoms with Gasteiger partial charge in [0.15, 0.2) is 0 Å². The summed E-state index contributed by atoms with van der Waals surface area (Å²) in [4.78, 5) is 2.39. The summed E-state index contributed by atoms with van der Waals surface area (Å²) >= 11 is 5.98. The zero-order chi connectivity index (χ0) is 14.5. The second kappa shape index (κ2) is 7.41. The lowest BCUT2D eigenvalue weighted by Crippen LogP contribution is -2.45. The molecule has 0 aromatic heterocycles. The lowest BCUT2D eigenvalue weighted by Gasteiger charge is -2.38. The van der Waals surface area contributed by atoms with Crippen molar-refractivity contribution < 1.29 is 5.11 Å². The van der Waals surface area contributed by atoms with Gasteiger partial charge in [-0.3, -0.25) is 4.90 Å². The van der Waals surface area contributed by atoms with Crippen molar-refractivity contribution in [1.82, 2.24) is 4.90 Å². The number of hydrogen-bond donors (Lipinski definition) is 2. The number of nitrogens with zero attached hydrogens (tertiary/aromatic N) is 1. The molecular formula is C16H25ClN2O. The van der Waals surface area contributed by atoms with E-state index in [9.17, 15) is 5.11 Å². The molecule has 0 spiro atoms. The first-order valence-corrected chi connectivity index (χ1v) is 7.89. The maximum Gasteiger partial charge on any atom is 0.0558 e. The monoisotopic (exact) mass is 296 g/mol. The van der Waals surface area contributed by atoms with Gasteiger partial charge in [0.25, 0.3) is 0 Å². The topological polar surface area (TPSA) is 49.5 Å². The van der Waals surface area contributed by atoms with E-state index in [2.05, 4.69) is 17.0 Å². The smallest absolute Gasteiger partial charge is 0.0558 e. The van der Waals surface area contributed by atoms with Crippen molar-refractivity contribution in [2.75, 3.05) is 13.2 Å². The Kier molecular flexibility index (Phi) is 5.85. The van der Waals surface area contributed by atoms with Crippen molar-refractivity contribution in [3.8, 4) is 0 Å². The summed E-state index contributed by atoms with van der Waals surface area (Å²) in [6.45, 7) is 2.89. The van der Waals surface area contributed by atoms with Crippen molar-refractivity contribution in [3.63, 3.8) is 0 Å². The average molecular weight is 297 g/mol. The van der Waals surface area contributed by atoms with Crippen LogP contribution in [-0.2, 0) is 0 Å². The molecule has 2 atom stereocenters. The third-order valence-corrected chi connectivity index (χ3v) is 4.47. The average Bonchev–Trinajstić information content (AvgIpc) is 2.94. The Bertz CT molecular complexity index is 401. The van der Waals surface area contributed by atoms with Gasteiger partial charge in [-0.25, -0.2) is 0 Å². The van der Waals surface area contributed by atoms with Gasteiger partial charge in [0.05, 0.1) is 6.61 Å². The Labute approximate surface area is 126 Å². The van der Waals surface area contributed by atoms with Crippen LogP contribution in [0.25, 0.3) is 0 Å². The van der Waals surface area contributed by atoms with E-state index in [0.717, 1.165) is 5.02 Å². The van der Waals surface area contributed by atoms with Gasteiger partial charge in [0.1, 0.15) is 0 Å². The minimum atomic E-state index is 0.0170. The van der Waals surface area contributed by atoms with Crippen molar-refractivity contribution in [1.29, 1.82) is 0 Å². The van der Waals surface area contributed by atoms with Gasteiger partial charge in [-0.1, -0.05) is 36.6 Å². The Morgan fingerprint density at radius 3 is 2.40 bits per heavy atom. The highest BCUT2D eigenvalue weighted by Gasteiger charge is 2.31. The number of rotatable bonds is 6. The van der Waals surface area contributed by atoms with Crippen LogP contribution in [0, 0.1) is 0 Å². The maximum atomic E-state index is 9.42. The number of hydrogen-bond acceptors (Lipinski definition) is 3. The van der Waals surface area contributed by atoms with Crippen molar-refractivity contribution >= 4 is 11.6 Å². The second-order valence-electron chi connectivity index (χ2n) is 5.76. The molecule has 0 saturated heterocycles. The molecule has 2 rings (SSSR count). The largest absolute Gasteiger partial charge is 0.395 e. The van der Waals surface area contributed by atoms with E-state index in [1.807, 2.05) is 19.1 Å². The van der Waals surface area contributed by atoms with Gasteiger partial charge in [0, 0.05) is 29.7 Å². The van der Waals surface area contributed by atoms with E-state index in [1.165, 1.54) is 31.2 Å². The summed E-state index contributed by atoms with van der Waals surface area (Å²) in [7, 11) is 0. The summed E-state index contributed by atoms with van der Waals surface area (Å²) in [6.07, 6.45) is 4.96. The molecular weight excluding hydrogens is 272 g/mol. The van der Waals surface area contributed by atoms with Crippen LogP contribution in [0.15, 0.2) is 24.3 Å². The lowest BCUT2D eigenvalue weighted by atomic mass is 9.97. The molecule has 0 aliphatic heterocycles. The van der Waals surface area contributed by atoms with E-state index in [0.29, 0.717) is 12.6 Å². The molecule has 1 aliphatic carbocycles. The summed E-state index contributed by atoms with van der Waals surface area (Å²) in [5.41, 5.74) is 7.43. The van der Waals surface area contributed by atoms with Crippen molar-refractivity contribution in [3.05, 3.63) is 34.9 Å². The Morgan fingerprint density at radius 1 is 1.30 bits per heavy atom. The van der Waals surface area contributed by atoms with Crippen LogP contribution < -0.4 is 5.73 Å². The van der Waals surface area contributed by atoms with E-state index >= 15 is 0 Å². The first kappa shape index (κ1) is 15.8. The molecule has 2 unspecified atom stereocenters. The molecule has 1 saturated carbocycles. The predicted molar refractivity (Wildman–Crippen MR) is 83.9 cm³/mol. The Hall–Kier alpha value is -0.610. The summed E-state index contributed by atoms with van der Waals surface area (Å²) in [6, 6.07) is 8.63. The van der Waals surface area contributed by atoms with Gasteiger partial charge in [-0.15, -0.1) is 0 Å². The number of benzene rings is 1. The molecule has 1 aromatic carbocycles. The first-order chi connectivity index (χ1) is 9.63. The first-order valence-electron chi connectivity index (χ1n) is 7.51. The molecule has 1 aromatic rings. The highest BCUT2D eigenvalue weighted by atomic mass is 35.5. The molecule has 1 aliphatic rings. The Balaban J connectivity index is 2.25. The third kappa shape index (κ3) is 3.73. The van der Waals surface area contributed by atoms with Gasteiger partial charge in [-0.2, -0.15) is 0 Å². The zero-order valence-corrected chi connectivity index (χ0v) is 12.9. The van der Waals surface area contributed by atoms with Gasteiger partial charge < -0.3 is 10.8 Å². The van der Waals surface area contributed by atoms with Crippen LogP contribution in [0.3, 0.4) is 0 Å². The minimum absolute atomic E-state index is 0.0170. The van der Waals surface area contributed by atoms with Gasteiger partial charge >= 0.3 is 0 Å². The number of aliphatic hydroxyl groups excluding tert-OH is 1. The fourth-order valence-electron chi connectivity index (χ4n) is 3.36. The molecule has 4 heteroatoms. The van der Waals surface area contributed by atoms with E-state index in [1.54, 1.807) is 0 Å². The van der Waals surface area contributed by atoms with Crippen LogP contribution in [0.5, 0.6) is 0 Å². The summed E-state index contributed by atoms with van der Waals surface area (Å²) in [5, 5.41) is 10.2. The maximum absolute atomic E-state index is 9.42. The third-order valence-electron chi connectivity index (χ3n) is 4.22. The molecule has 3 nitrogen and oxygen atoms in total.